The number of hydrogen-bond donors (Lipinski definition) is 2. The molecule has 0 aliphatic rings. The molecule has 0 amide bonds. The highest BCUT2D eigenvalue weighted by Crippen LogP contribution is 2.43. The molecule has 0 radical (unpaired) electrons. The number of carbonyl (C=O) groups excluding carboxylic acids is 3. The number of unbranched alkanes of at least 4 members (excludes halogenated alkanes) is 15. The molecule has 2 N–H and O–H groups in total. The van der Waals surface area contributed by atoms with Gasteiger partial charge in [-0.2, -0.15) is 0 Å². The molecular formula is C54H91O11P. The third-order valence-corrected chi connectivity index (χ3v) is 11.2. The predicted octanol–water partition coefficient (Wildman–Crippen LogP) is 14.4. The minimum atomic E-state index is -4.76. The molecule has 3 unspecified atom stereocenters. The fraction of sp³-hybridized carbons (Fsp3) is 0.685. The van der Waals surface area contributed by atoms with Gasteiger partial charge in [0.1, 0.15) is 12.7 Å². The van der Waals surface area contributed by atoms with E-state index in [-0.39, 0.29) is 25.9 Å². The molecular weight excluding hydrogens is 856 g/mol. The lowest BCUT2D eigenvalue weighted by molar-refractivity contribution is -0.161. The molecule has 0 aliphatic carbocycles. The van der Waals surface area contributed by atoms with Crippen LogP contribution < -0.4 is 0 Å². The number of ether oxygens (including phenoxy) is 3. The summed E-state index contributed by atoms with van der Waals surface area (Å²) in [5.74, 6) is -1.55. The Morgan fingerprint density at radius 2 is 0.818 bits per heavy atom. The first-order valence-corrected chi connectivity index (χ1v) is 27.0. The van der Waals surface area contributed by atoms with Crippen LogP contribution in [-0.4, -0.2) is 66.5 Å². The Morgan fingerprint density at radius 3 is 1.32 bits per heavy atom. The van der Waals surface area contributed by atoms with Crippen LogP contribution in [0.2, 0.25) is 0 Å². The molecule has 0 fully saturated rings. The van der Waals surface area contributed by atoms with E-state index in [9.17, 15) is 28.9 Å². The summed E-state index contributed by atoms with van der Waals surface area (Å²) in [6, 6.07) is 0. The molecule has 0 spiro atoms. The molecule has 0 aromatic rings. The van der Waals surface area contributed by atoms with E-state index in [1.165, 1.54) is 12.8 Å². The zero-order chi connectivity index (χ0) is 48.4. The quantitative estimate of drug-likeness (QED) is 0.0197. The Hall–Kier alpha value is -3.34. The van der Waals surface area contributed by atoms with Crippen molar-refractivity contribution in [2.75, 3.05) is 26.4 Å². The number of phosphoric ester groups is 1. The lowest BCUT2D eigenvalue weighted by Gasteiger charge is -2.21. The number of carbonyl (C=O) groups is 3. The van der Waals surface area contributed by atoms with Crippen molar-refractivity contribution in [3.05, 3.63) is 85.1 Å². The van der Waals surface area contributed by atoms with E-state index in [2.05, 4.69) is 106 Å². The van der Waals surface area contributed by atoms with Gasteiger partial charge in [0.05, 0.1) is 19.8 Å². The van der Waals surface area contributed by atoms with Crippen molar-refractivity contribution in [2.24, 2.45) is 0 Å². The summed E-state index contributed by atoms with van der Waals surface area (Å²) < 4.78 is 39.2. The van der Waals surface area contributed by atoms with Gasteiger partial charge >= 0.3 is 25.7 Å². The normalized spacial score (nSPS) is 14.2. The second-order valence-electron chi connectivity index (χ2n) is 16.6. The first-order valence-electron chi connectivity index (χ1n) is 25.5. The summed E-state index contributed by atoms with van der Waals surface area (Å²) >= 11 is 0. The smallest absolute Gasteiger partial charge is 0.462 e. The average Bonchev–Trinajstić information content (AvgIpc) is 3.30. The number of rotatable bonds is 46. The maximum atomic E-state index is 12.8. The Labute approximate surface area is 400 Å². The predicted molar refractivity (Wildman–Crippen MR) is 270 cm³/mol. The maximum absolute atomic E-state index is 12.8. The van der Waals surface area contributed by atoms with Gasteiger partial charge in [0.25, 0.3) is 0 Å². The average molecular weight is 947 g/mol. The van der Waals surface area contributed by atoms with Crippen molar-refractivity contribution in [1.29, 1.82) is 0 Å². The number of hydrogen-bond acceptors (Lipinski definition) is 10. The van der Waals surface area contributed by atoms with Crippen molar-refractivity contribution < 1.29 is 52.2 Å². The lowest BCUT2D eigenvalue weighted by Crippen LogP contribution is -2.30. The van der Waals surface area contributed by atoms with Gasteiger partial charge in [0, 0.05) is 19.3 Å². The molecule has 0 saturated carbocycles. The van der Waals surface area contributed by atoms with E-state index in [4.69, 9.17) is 23.3 Å². The van der Waals surface area contributed by atoms with Gasteiger partial charge in [0.15, 0.2) is 6.10 Å². The number of allylic oxidation sites excluding steroid dienone is 14. The van der Waals surface area contributed by atoms with Crippen LogP contribution in [0.15, 0.2) is 85.1 Å². The number of aliphatic hydroxyl groups is 1. The molecule has 378 valence electrons. The van der Waals surface area contributed by atoms with Gasteiger partial charge in [0.2, 0.25) is 0 Å². The zero-order valence-electron chi connectivity index (χ0n) is 41.4. The molecule has 0 heterocycles. The largest absolute Gasteiger partial charge is 0.472 e. The minimum Gasteiger partial charge on any atom is -0.462 e. The Balaban J connectivity index is 4.83. The van der Waals surface area contributed by atoms with Crippen LogP contribution in [-0.2, 0) is 42.2 Å². The first-order chi connectivity index (χ1) is 32.2. The Morgan fingerprint density at radius 1 is 0.439 bits per heavy atom. The highest BCUT2D eigenvalue weighted by atomic mass is 31.2. The van der Waals surface area contributed by atoms with Crippen LogP contribution in [0.1, 0.15) is 201 Å². The van der Waals surface area contributed by atoms with Crippen LogP contribution in [0.3, 0.4) is 0 Å². The van der Waals surface area contributed by atoms with Crippen molar-refractivity contribution in [3.63, 3.8) is 0 Å². The molecule has 0 aliphatic heterocycles. The van der Waals surface area contributed by atoms with E-state index >= 15 is 0 Å². The summed E-state index contributed by atoms with van der Waals surface area (Å²) in [4.78, 5) is 48.2. The Kier molecular flexibility index (Phi) is 45.7. The SMILES string of the molecule is CC/C=C\C/C=C\C/C=C\C/C=C\CCCCC(=O)OC(COC(=O)CCCCCCC/C=C\CCCC)COP(=O)(O)OCC(CO)OC(=O)CCCCCCC/C=C\C/C=C\CCC. The van der Waals surface area contributed by atoms with Gasteiger partial charge < -0.3 is 24.2 Å². The minimum absolute atomic E-state index is 0.110. The van der Waals surface area contributed by atoms with E-state index in [0.29, 0.717) is 19.3 Å². The summed E-state index contributed by atoms with van der Waals surface area (Å²) in [6.07, 6.45) is 52.7. The van der Waals surface area contributed by atoms with Gasteiger partial charge in [-0.15, -0.1) is 0 Å². The Bertz CT molecular complexity index is 1430. The van der Waals surface area contributed by atoms with E-state index in [1.54, 1.807) is 0 Å². The standard InChI is InChI=1S/C54H91O11P/c1-4-7-10-13-16-19-22-24-25-27-30-33-36-39-42-45-54(58)65-51(47-61-52(56)43-40-37-34-31-28-21-18-15-12-9-6-3)49-63-66(59,60)62-48-50(46-55)64-53(57)44-41-38-35-32-29-26-23-20-17-14-11-8-5-2/h7,10-11,14-16,18-20,23-25,30,33,50-51,55H,4-6,8-9,12-13,17,21-22,26-29,31-32,34-49H2,1-3H3,(H,59,60)/b10-7-,14-11-,18-15-,19-16-,23-20-,25-24-,33-30-. The van der Waals surface area contributed by atoms with E-state index < -0.39 is 57.8 Å². The summed E-state index contributed by atoms with van der Waals surface area (Å²) in [6.45, 7) is 4.32. The van der Waals surface area contributed by atoms with Gasteiger partial charge in [-0.1, -0.05) is 164 Å². The fourth-order valence-corrected chi connectivity index (χ4v) is 7.15. The monoisotopic (exact) mass is 947 g/mol. The molecule has 0 rings (SSSR count). The van der Waals surface area contributed by atoms with Crippen LogP contribution >= 0.6 is 7.82 Å². The summed E-state index contributed by atoms with van der Waals surface area (Å²) in [5.41, 5.74) is 0. The van der Waals surface area contributed by atoms with Crippen molar-refractivity contribution in [2.45, 2.75) is 213 Å². The van der Waals surface area contributed by atoms with Crippen LogP contribution in [0.4, 0.5) is 0 Å². The van der Waals surface area contributed by atoms with Gasteiger partial charge in [-0.3, -0.25) is 23.4 Å². The van der Waals surface area contributed by atoms with E-state index in [0.717, 1.165) is 128 Å². The van der Waals surface area contributed by atoms with E-state index in [1.807, 2.05) is 0 Å². The molecule has 3 atom stereocenters. The maximum Gasteiger partial charge on any atom is 0.472 e. The highest BCUT2D eigenvalue weighted by molar-refractivity contribution is 7.47. The highest BCUT2D eigenvalue weighted by Gasteiger charge is 2.28. The fourth-order valence-electron chi connectivity index (χ4n) is 6.36. The van der Waals surface area contributed by atoms with Crippen LogP contribution in [0.5, 0.6) is 0 Å². The molecule has 12 heteroatoms. The van der Waals surface area contributed by atoms with Crippen LogP contribution in [0.25, 0.3) is 0 Å². The number of aliphatic hydroxyl groups excluding tert-OH is 1. The molecule has 0 aromatic heterocycles. The third-order valence-electron chi connectivity index (χ3n) is 10.3. The third kappa shape index (κ3) is 45.8. The molecule has 0 saturated heterocycles. The topological polar surface area (TPSA) is 155 Å². The van der Waals surface area contributed by atoms with Crippen molar-refractivity contribution in [3.8, 4) is 0 Å². The first kappa shape index (κ1) is 62.7. The van der Waals surface area contributed by atoms with Crippen molar-refractivity contribution >= 4 is 25.7 Å². The van der Waals surface area contributed by atoms with Crippen LogP contribution in [0, 0.1) is 0 Å². The molecule has 0 aromatic carbocycles. The second kappa shape index (κ2) is 48.1. The second-order valence-corrected chi connectivity index (χ2v) is 18.0. The molecule has 11 nitrogen and oxygen atoms in total. The van der Waals surface area contributed by atoms with Gasteiger partial charge in [-0.25, -0.2) is 4.57 Å². The number of esters is 3. The summed E-state index contributed by atoms with van der Waals surface area (Å²) in [5, 5.41) is 9.76. The molecule has 66 heavy (non-hydrogen) atoms. The number of phosphoric acid groups is 1. The molecule has 0 bridgehead atoms. The zero-order valence-corrected chi connectivity index (χ0v) is 42.3. The van der Waals surface area contributed by atoms with Crippen molar-refractivity contribution in [1.82, 2.24) is 0 Å². The summed E-state index contributed by atoms with van der Waals surface area (Å²) in [7, 11) is -4.76. The van der Waals surface area contributed by atoms with Gasteiger partial charge in [-0.05, 0) is 103 Å². The lowest BCUT2D eigenvalue weighted by atomic mass is 10.1.